The van der Waals surface area contributed by atoms with Crippen molar-refractivity contribution < 1.29 is 38.2 Å². The number of rotatable bonds is 48. The van der Waals surface area contributed by atoms with Gasteiger partial charge in [-0.25, -0.2) is 4.79 Å². The van der Waals surface area contributed by atoms with E-state index < -0.39 is 18.1 Å². The van der Waals surface area contributed by atoms with Crippen molar-refractivity contribution in [2.75, 3.05) is 41.0 Å². The van der Waals surface area contributed by atoms with Crippen LogP contribution >= 0.6 is 0 Å². The molecule has 0 fully saturated rings. The molecule has 0 aromatic carbocycles. The van der Waals surface area contributed by atoms with E-state index in [1.165, 1.54) is 186 Å². The number of esters is 2. The number of hydrogen-bond acceptors (Lipinski definition) is 6. The van der Waals surface area contributed by atoms with Crippen molar-refractivity contribution in [1.29, 1.82) is 0 Å². The molecule has 0 radical (unpaired) electrons. The molecule has 61 heavy (non-hydrogen) atoms. The molecule has 360 valence electrons. The topological polar surface area (TPSA) is 99.1 Å². The molecule has 1 N–H and O–H groups in total. The van der Waals surface area contributed by atoms with Crippen LogP contribution in [0.3, 0.4) is 0 Å². The number of carbonyl (C=O) groups is 3. The van der Waals surface area contributed by atoms with Gasteiger partial charge in [0.15, 0.2) is 12.1 Å². The van der Waals surface area contributed by atoms with Crippen LogP contribution in [0.15, 0.2) is 12.2 Å². The fourth-order valence-electron chi connectivity index (χ4n) is 8.09. The largest absolute Gasteiger partial charge is 0.477 e. The molecule has 2 unspecified atom stereocenters. The summed E-state index contributed by atoms with van der Waals surface area (Å²) in [7, 11) is 5.55. The van der Waals surface area contributed by atoms with Crippen LogP contribution in [0.5, 0.6) is 0 Å². The van der Waals surface area contributed by atoms with Crippen LogP contribution in [0.4, 0.5) is 0 Å². The summed E-state index contributed by atoms with van der Waals surface area (Å²) in [6.07, 6.45) is 49.7. The Morgan fingerprint density at radius 2 is 0.820 bits per heavy atom. The van der Waals surface area contributed by atoms with Gasteiger partial charge in [0.1, 0.15) is 6.61 Å². The van der Waals surface area contributed by atoms with Gasteiger partial charge in [0.05, 0.1) is 34.4 Å². The van der Waals surface area contributed by atoms with Crippen LogP contribution in [0, 0.1) is 0 Å². The highest BCUT2D eigenvalue weighted by Crippen LogP contribution is 2.17. The summed E-state index contributed by atoms with van der Waals surface area (Å²) < 4.78 is 17.4. The number of allylic oxidation sites excluding steroid dienone is 2. The summed E-state index contributed by atoms with van der Waals surface area (Å²) in [5.74, 6) is -1.45. The second kappa shape index (κ2) is 44.7. The van der Waals surface area contributed by atoms with Gasteiger partial charge in [0.25, 0.3) is 0 Å². The summed E-state index contributed by atoms with van der Waals surface area (Å²) in [4.78, 5) is 37.2. The quantitative estimate of drug-likeness (QED) is 0.0281. The third kappa shape index (κ3) is 43.1. The zero-order chi connectivity index (χ0) is 44.9. The van der Waals surface area contributed by atoms with Crippen molar-refractivity contribution in [3.63, 3.8) is 0 Å². The van der Waals surface area contributed by atoms with Gasteiger partial charge in [0.2, 0.25) is 0 Å². The van der Waals surface area contributed by atoms with E-state index in [2.05, 4.69) is 26.0 Å². The Morgan fingerprint density at radius 1 is 0.475 bits per heavy atom. The van der Waals surface area contributed by atoms with E-state index in [0.29, 0.717) is 19.3 Å². The number of likely N-dealkylation sites (N-methyl/N-ethyl adjacent to an activating group) is 1. The predicted molar refractivity (Wildman–Crippen MR) is 257 cm³/mol. The molecule has 0 aromatic heterocycles. The van der Waals surface area contributed by atoms with Crippen LogP contribution < -0.4 is 0 Å². The lowest BCUT2D eigenvalue weighted by Crippen LogP contribution is -2.50. The Morgan fingerprint density at radius 3 is 1.18 bits per heavy atom. The molecule has 0 aliphatic carbocycles. The van der Waals surface area contributed by atoms with Gasteiger partial charge in [-0.15, -0.1) is 0 Å². The minimum absolute atomic E-state index is 0.0459. The first-order valence-electron chi connectivity index (χ1n) is 26.2. The number of carbonyl (C=O) groups excluding carboxylic acids is 2. The lowest BCUT2D eigenvalue weighted by Gasteiger charge is -2.31. The molecular formula is C53H102NO7+. The smallest absolute Gasteiger partial charge is 0.362 e. The number of unbranched alkanes of at least 4 members (excludes halogenated alkanes) is 32. The highest BCUT2D eigenvalue weighted by atomic mass is 16.6. The van der Waals surface area contributed by atoms with Gasteiger partial charge in [0, 0.05) is 19.3 Å². The Kier molecular flexibility index (Phi) is 43.3. The molecular weight excluding hydrogens is 763 g/mol. The third-order valence-electron chi connectivity index (χ3n) is 12.2. The SMILES string of the molecule is CCCCCCCC/C=C\CCCCCCCCCC(=O)OC(COCCC(C(=O)O)[N+](C)(C)C)COC(=O)CCCCCCCCCCCCCCCCCCCCCC. The molecule has 0 amide bonds. The van der Waals surface area contributed by atoms with E-state index in [9.17, 15) is 19.5 Å². The lowest BCUT2D eigenvalue weighted by molar-refractivity contribution is -0.887. The number of carboxylic acids is 1. The van der Waals surface area contributed by atoms with Crippen molar-refractivity contribution in [1.82, 2.24) is 0 Å². The van der Waals surface area contributed by atoms with Gasteiger partial charge in [-0.05, 0) is 38.5 Å². The summed E-state index contributed by atoms with van der Waals surface area (Å²) in [6, 6.07) is -0.612. The van der Waals surface area contributed by atoms with Crippen molar-refractivity contribution in [2.24, 2.45) is 0 Å². The lowest BCUT2D eigenvalue weighted by atomic mass is 10.0. The van der Waals surface area contributed by atoms with E-state index >= 15 is 0 Å². The average molecular weight is 865 g/mol. The van der Waals surface area contributed by atoms with E-state index in [1.807, 2.05) is 21.1 Å². The van der Waals surface area contributed by atoms with Crippen molar-refractivity contribution in [3.8, 4) is 0 Å². The Labute approximate surface area is 378 Å². The standard InChI is InChI=1S/C53H101NO7/c1-6-8-10-12-14-16-18-20-22-24-25-26-28-29-31-33-35-37-39-41-43-51(55)60-48-49(47-59-46-45-50(53(57)58)54(3,4)5)61-52(56)44-42-40-38-36-34-32-30-27-23-21-19-17-15-13-11-9-7-2/h21,23,49-50H,6-20,22,24-48H2,1-5H3/p+1/b23-21-. The molecule has 0 aliphatic heterocycles. The molecule has 8 nitrogen and oxygen atoms in total. The maximum atomic E-state index is 12.8. The van der Waals surface area contributed by atoms with Gasteiger partial charge >= 0.3 is 17.9 Å². The van der Waals surface area contributed by atoms with Gasteiger partial charge < -0.3 is 23.8 Å². The number of quaternary nitrogens is 1. The van der Waals surface area contributed by atoms with Gasteiger partial charge in [-0.2, -0.15) is 0 Å². The number of hydrogen-bond donors (Lipinski definition) is 1. The van der Waals surface area contributed by atoms with Crippen molar-refractivity contribution >= 4 is 17.9 Å². The second-order valence-electron chi connectivity index (χ2n) is 19.1. The van der Waals surface area contributed by atoms with E-state index in [0.717, 1.165) is 38.5 Å². The number of ether oxygens (including phenoxy) is 3. The Balaban J connectivity index is 4.19. The maximum absolute atomic E-state index is 12.8. The van der Waals surface area contributed by atoms with Gasteiger partial charge in [-0.3, -0.25) is 9.59 Å². The average Bonchev–Trinajstić information content (AvgIpc) is 3.22. The molecule has 0 aromatic rings. The maximum Gasteiger partial charge on any atom is 0.362 e. The normalized spacial score (nSPS) is 12.9. The Hall–Kier alpha value is -1.93. The van der Waals surface area contributed by atoms with Crippen LogP contribution in [0.2, 0.25) is 0 Å². The van der Waals surface area contributed by atoms with Crippen LogP contribution in [0.25, 0.3) is 0 Å². The second-order valence-corrected chi connectivity index (χ2v) is 19.1. The highest BCUT2D eigenvalue weighted by molar-refractivity contribution is 5.72. The molecule has 0 saturated carbocycles. The molecule has 0 bridgehead atoms. The minimum Gasteiger partial charge on any atom is -0.477 e. The molecule has 2 atom stereocenters. The number of carboxylic acid groups (broad SMARTS) is 1. The minimum atomic E-state index is -0.871. The molecule has 0 rings (SSSR count). The van der Waals surface area contributed by atoms with Crippen molar-refractivity contribution in [2.45, 2.75) is 270 Å². The summed E-state index contributed by atoms with van der Waals surface area (Å²) >= 11 is 0. The van der Waals surface area contributed by atoms with E-state index in [1.54, 1.807) is 0 Å². The Bertz CT molecular complexity index is 1010. The molecule has 8 heteroatoms. The summed E-state index contributed by atoms with van der Waals surface area (Å²) in [6.45, 7) is 4.78. The van der Waals surface area contributed by atoms with Crippen LogP contribution in [-0.4, -0.2) is 80.6 Å². The first kappa shape index (κ1) is 59.1. The van der Waals surface area contributed by atoms with Crippen LogP contribution in [0.1, 0.15) is 258 Å². The molecule has 0 spiro atoms. The predicted octanol–water partition coefficient (Wildman–Crippen LogP) is 15.0. The molecule has 0 aliphatic rings. The highest BCUT2D eigenvalue weighted by Gasteiger charge is 2.31. The zero-order valence-corrected chi connectivity index (χ0v) is 41.1. The van der Waals surface area contributed by atoms with Gasteiger partial charge in [-0.1, -0.05) is 212 Å². The van der Waals surface area contributed by atoms with E-state index in [4.69, 9.17) is 14.2 Å². The third-order valence-corrected chi connectivity index (χ3v) is 12.2. The summed E-state index contributed by atoms with van der Waals surface area (Å²) in [5.41, 5.74) is 0. The van der Waals surface area contributed by atoms with Crippen LogP contribution in [-0.2, 0) is 28.6 Å². The fraction of sp³-hybridized carbons (Fsp3) is 0.906. The fourth-order valence-corrected chi connectivity index (χ4v) is 8.09. The number of aliphatic carboxylic acids is 1. The number of nitrogens with zero attached hydrogens (tertiary/aromatic N) is 1. The first-order chi connectivity index (χ1) is 29.6. The van der Waals surface area contributed by atoms with Crippen molar-refractivity contribution in [3.05, 3.63) is 12.2 Å². The molecule has 0 saturated heterocycles. The van der Waals surface area contributed by atoms with E-state index in [-0.39, 0.29) is 36.2 Å². The monoisotopic (exact) mass is 865 g/mol. The first-order valence-corrected chi connectivity index (χ1v) is 26.2. The molecule has 0 heterocycles. The zero-order valence-electron chi connectivity index (χ0n) is 41.1. The summed E-state index contributed by atoms with van der Waals surface area (Å²) in [5, 5.41) is 9.65.